The van der Waals surface area contributed by atoms with Crippen LogP contribution in [0.4, 0.5) is 5.69 Å². The number of benzene rings is 3. The number of methoxy groups -OCH3 is 2. The first-order chi connectivity index (χ1) is 17.1. The van der Waals surface area contributed by atoms with E-state index < -0.39 is 5.97 Å². The van der Waals surface area contributed by atoms with Crippen LogP contribution in [0.3, 0.4) is 0 Å². The summed E-state index contributed by atoms with van der Waals surface area (Å²) in [5.41, 5.74) is 2.57. The van der Waals surface area contributed by atoms with Crippen molar-refractivity contribution in [3.63, 3.8) is 0 Å². The highest BCUT2D eigenvalue weighted by Gasteiger charge is 2.33. The Balaban J connectivity index is 1.57. The maximum atomic E-state index is 13.4. The highest BCUT2D eigenvalue weighted by Crippen LogP contribution is 2.35. The first-order valence-corrected chi connectivity index (χ1v) is 11.6. The standard InChI is InChI=1S/C27H24N2O5S/c1-32-22-12-10-20(11-13-22)17-29-26(31)24(35-27(29)28-21-6-4-3-5-7-21)16-19-8-14-23(15-9-19)34-18-25(30)33-2/h3-16H,17-18H2,1-2H3/b24-16-,28-27?. The van der Waals surface area contributed by atoms with Crippen molar-refractivity contribution in [1.29, 1.82) is 0 Å². The van der Waals surface area contributed by atoms with E-state index in [2.05, 4.69) is 4.74 Å². The van der Waals surface area contributed by atoms with Crippen LogP contribution in [0.25, 0.3) is 6.08 Å². The minimum atomic E-state index is -0.452. The Labute approximate surface area is 208 Å². The fourth-order valence-electron chi connectivity index (χ4n) is 3.27. The molecule has 178 valence electrons. The van der Waals surface area contributed by atoms with Crippen LogP contribution in [0, 0.1) is 0 Å². The topological polar surface area (TPSA) is 77.4 Å². The van der Waals surface area contributed by atoms with Crippen LogP contribution in [-0.4, -0.2) is 42.8 Å². The fraction of sp³-hybridized carbons (Fsp3) is 0.148. The lowest BCUT2D eigenvalue weighted by Crippen LogP contribution is -2.28. The molecular weight excluding hydrogens is 464 g/mol. The number of hydrogen-bond acceptors (Lipinski definition) is 7. The third-order valence-corrected chi connectivity index (χ3v) is 6.14. The van der Waals surface area contributed by atoms with Gasteiger partial charge in [-0.3, -0.25) is 9.69 Å². The van der Waals surface area contributed by atoms with Crippen molar-refractivity contribution in [2.75, 3.05) is 20.8 Å². The number of amides is 1. The van der Waals surface area contributed by atoms with Crippen LogP contribution >= 0.6 is 11.8 Å². The predicted octanol–water partition coefficient (Wildman–Crippen LogP) is 5.05. The SMILES string of the molecule is COC(=O)COc1ccc(/C=C2\SC(=Nc3ccccc3)N(Cc3ccc(OC)cc3)C2=O)cc1. The van der Waals surface area contributed by atoms with Crippen molar-refractivity contribution in [2.24, 2.45) is 4.99 Å². The molecule has 0 spiro atoms. The summed E-state index contributed by atoms with van der Waals surface area (Å²) in [5.74, 6) is 0.724. The molecule has 1 aliphatic heterocycles. The van der Waals surface area contributed by atoms with Gasteiger partial charge in [-0.2, -0.15) is 0 Å². The van der Waals surface area contributed by atoms with Gasteiger partial charge >= 0.3 is 5.97 Å². The molecule has 0 saturated carbocycles. The normalized spacial score (nSPS) is 15.5. The summed E-state index contributed by atoms with van der Waals surface area (Å²) in [6.07, 6.45) is 1.83. The Kier molecular flexibility index (Phi) is 7.84. The lowest BCUT2D eigenvalue weighted by atomic mass is 10.2. The van der Waals surface area contributed by atoms with Crippen molar-refractivity contribution in [3.05, 3.63) is 94.9 Å². The van der Waals surface area contributed by atoms with E-state index in [1.165, 1.54) is 18.9 Å². The fourth-order valence-corrected chi connectivity index (χ4v) is 4.27. The number of ether oxygens (including phenoxy) is 3. The number of carbonyl (C=O) groups is 2. The first kappa shape index (κ1) is 24.1. The van der Waals surface area contributed by atoms with E-state index in [4.69, 9.17) is 14.5 Å². The molecule has 0 unspecified atom stereocenters. The number of rotatable bonds is 8. The Hall–Kier alpha value is -4.04. The Morgan fingerprint density at radius 3 is 2.29 bits per heavy atom. The molecule has 0 aliphatic carbocycles. The van der Waals surface area contributed by atoms with Gasteiger partial charge in [0, 0.05) is 0 Å². The maximum absolute atomic E-state index is 13.4. The monoisotopic (exact) mass is 488 g/mol. The van der Waals surface area contributed by atoms with E-state index in [0.29, 0.717) is 22.4 Å². The molecule has 1 fully saturated rings. The summed E-state index contributed by atoms with van der Waals surface area (Å²) in [6.45, 7) is 0.226. The number of carbonyl (C=O) groups excluding carboxylic acids is 2. The second-order valence-corrected chi connectivity index (χ2v) is 8.52. The number of para-hydroxylation sites is 1. The lowest BCUT2D eigenvalue weighted by molar-refractivity contribution is -0.142. The van der Waals surface area contributed by atoms with Gasteiger partial charge in [0.1, 0.15) is 11.5 Å². The van der Waals surface area contributed by atoms with E-state index in [-0.39, 0.29) is 12.5 Å². The van der Waals surface area contributed by atoms with E-state index in [1.807, 2.05) is 72.8 Å². The summed E-state index contributed by atoms with van der Waals surface area (Å²) >= 11 is 1.34. The summed E-state index contributed by atoms with van der Waals surface area (Å²) in [7, 11) is 2.93. The van der Waals surface area contributed by atoms with Gasteiger partial charge in [0.15, 0.2) is 11.8 Å². The van der Waals surface area contributed by atoms with Gasteiger partial charge in [-0.25, -0.2) is 9.79 Å². The minimum Gasteiger partial charge on any atom is -0.497 e. The molecule has 0 radical (unpaired) electrons. The highest BCUT2D eigenvalue weighted by molar-refractivity contribution is 8.18. The maximum Gasteiger partial charge on any atom is 0.343 e. The van der Waals surface area contributed by atoms with Gasteiger partial charge in [0.25, 0.3) is 5.91 Å². The molecule has 1 heterocycles. The minimum absolute atomic E-state index is 0.119. The molecule has 0 N–H and O–H groups in total. The van der Waals surface area contributed by atoms with Gasteiger partial charge in [-0.15, -0.1) is 0 Å². The summed E-state index contributed by atoms with van der Waals surface area (Å²) < 4.78 is 15.2. The van der Waals surface area contributed by atoms with E-state index >= 15 is 0 Å². The quantitative estimate of drug-likeness (QED) is 0.326. The van der Waals surface area contributed by atoms with Crippen molar-refractivity contribution in [2.45, 2.75) is 6.54 Å². The first-order valence-electron chi connectivity index (χ1n) is 10.8. The third-order valence-electron chi connectivity index (χ3n) is 5.13. The molecule has 0 atom stereocenters. The highest BCUT2D eigenvalue weighted by atomic mass is 32.2. The lowest BCUT2D eigenvalue weighted by Gasteiger charge is -2.16. The number of thioether (sulfide) groups is 1. The molecule has 1 amide bonds. The van der Waals surface area contributed by atoms with Crippen LogP contribution in [0.1, 0.15) is 11.1 Å². The third kappa shape index (κ3) is 6.30. The molecule has 1 aliphatic rings. The number of aliphatic imine (C=N–C) groups is 1. The molecule has 4 rings (SSSR count). The van der Waals surface area contributed by atoms with Gasteiger partial charge in [-0.1, -0.05) is 42.5 Å². The van der Waals surface area contributed by atoms with Gasteiger partial charge in [-0.05, 0) is 65.4 Å². The zero-order valence-electron chi connectivity index (χ0n) is 19.3. The van der Waals surface area contributed by atoms with E-state index in [0.717, 1.165) is 22.6 Å². The van der Waals surface area contributed by atoms with Gasteiger partial charge in [0.2, 0.25) is 0 Å². The zero-order chi connectivity index (χ0) is 24.6. The summed E-state index contributed by atoms with van der Waals surface area (Å²) in [4.78, 5) is 31.6. The zero-order valence-corrected chi connectivity index (χ0v) is 20.2. The Morgan fingerprint density at radius 1 is 0.943 bits per heavy atom. The largest absolute Gasteiger partial charge is 0.497 e. The van der Waals surface area contributed by atoms with E-state index in [9.17, 15) is 9.59 Å². The van der Waals surface area contributed by atoms with Crippen molar-refractivity contribution in [3.8, 4) is 11.5 Å². The predicted molar refractivity (Wildman–Crippen MR) is 137 cm³/mol. The van der Waals surface area contributed by atoms with Crippen LogP contribution in [-0.2, 0) is 20.9 Å². The van der Waals surface area contributed by atoms with Crippen LogP contribution in [0.15, 0.2) is 88.8 Å². The average Bonchev–Trinajstić information content (AvgIpc) is 3.17. The molecule has 3 aromatic rings. The number of amidine groups is 1. The smallest absolute Gasteiger partial charge is 0.343 e. The molecule has 8 heteroatoms. The molecule has 7 nitrogen and oxygen atoms in total. The van der Waals surface area contributed by atoms with Crippen LogP contribution in [0.5, 0.6) is 11.5 Å². The number of nitrogens with zero attached hydrogens (tertiary/aromatic N) is 2. The van der Waals surface area contributed by atoms with Gasteiger partial charge < -0.3 is 14.2 Å². The van der Waals surface area contributed by atoms with Gasteiger partial charge in [0.05, 0.1) is 31.4 Å². The average molecular weight is 489 g/mol. The van der Waals surface area contributed by atoms with E-state index in [1.54, 1.807) is 24.1 Å². The number of hydrogen-bond donors (Lipinski definition) is 0. The Morgan fingerprint density at radius 2 is 1.63 bits per heavy atom. The molecular formula is C27H24N2O5S. The summed E-state index contributed by atoms with van der Waals surface area (Å²) in [5, 5.41) is 0.612. The number of esters is 1. The molecule has 35 heavy (non-hydrogen) atoms. The molecule has 1 saturated heterocycles. The van der Waals surface area contributed by atoms with Crippen molar-refractivity contribution < 1.29 is 23.8 Å². The second kappa shape index (κ2) is 11.4. The molecule has 0 bridgehead atoms. The van der Waals surface area contributed by atoms with Crippen molar-refractivity contribution >= 4 is 40.6 Å². The summed E-state index contributed by atoms with van der Waals surface area (Å²) in [6, 6.07) is 24.3. The molecule has 0 aromatic heterocycles. The van der Waals surface area contributed by atoms with Crippen LogP contribution in [0.2, 0.25) is 0 Å². The van der Waals surface area contributed by atoms with Crippen LogP contribution < -0.4 is 9.47 Å². The van der Waals surface area contributed by atoms with Crippen molar-refractivity contribution in [1.82, 2.24) is 4.90 Å². The Bertz CT molecular complexity index is 1240. The second-order valence-electron chi connectivity index (χ2n) is 7.51. The molecule has 3 aromatic carbocycles.